The second-order valence-electron chi connectivity index (χ2n) is 6.64. The van der Waals surface area contributed by atoms with Gasteiger partial charge < -0.3 is 14.5 Å². The van der Waals surface area contributed by atoms with E-state index in [9.17, 15) is 9.59 Å². The minimum atomic E-state index is -0.367. The zero-order valence-corrected chi connectivity index (χ0v) is 15.3. The maximum atomic E-state index is 13.1. The van der Waals surface area contributed by atoms with E-state index in [1.807, 2.05) is 23.1 Å². The Morgan fingerprint density at radius 3 is 2.84 bits per heavy atom. The fourth-order valence-electron chi connectivity index (χ4n) is 3.70. The van der Waals surface area contributed by atoms with Gasteiger partial charge in [0, 0.05) is 38.7 Å². The molecule has 2 atom stereocenters. The molecule has 2 aliphatic rings. The molecule has 0 bridgehead atoms. The van der Waals surface area contributed by atoms with Gasteiger partial charge in [-0.2, -0.15) is 0 Å². The molecule has 2 heterocycles. The molecule has 2 amide bonds. The number of amides is 2. The van der Waals surface area contributed by atoms with Gasteiger partial charge in [0.2, 0.25) is 11.8 Å². The van der Waals surface area contributed by atoms with E-state index >= 15 is 0 Å². The lowest BCUT2D eigenvalue weighted by molar-refractivity contribution is -0.136. The van der Waals surface area contributed by atoms with E-state index in [0.29, 0.717) is 24.7 Å². The second kappa shape index (κ2) is 7.58. The number of halogens is 1. The Morgan fingerprint density at radius 2 is 2.20 bits per heavy atom. The van der Waals surface area contributed by atoms with Crippen LogP contribution in [0.25, 0.3) is 0 Å². The molecular formula is C19H23ClN2O3. The van der Waals surface area contributed by atoms with Crippen molar-refractivity contribution in [2.75, 3.05) is 33.9 Å². The number of hydrogen-bond donors (Lipinski definition) is 0. The zero-order chi connectivity index (χ0) is 18.0. The maximum Gasteiger partial charge on any atom is 0.228 e. The number of ether oxygens (including phenoxy) is 1. The Morgan fingerprint density at radius 1 is 1.40 bits per heavy atom. The summed E-state index contributed by atoms with van der Waals surface area (Å²) in [6.07, 6.45) is 3.12. The van der Waals surface area contributed by atoms with Crippen LogP contribution in [0.15, 0.2) is 35.9 Å². The van der Waals surface area contributed by atoms with E-state index < -0.39 is 0 Å². The van der Waals surface area contributed by atoms with E-state index in [0.717, 1.165) is 12.0 Å². The number of hydrogen-bond acceptors (Lipinski definition) is 3. The molecule has 1 fully saturated rings. The van der Waals surface area contributed by atoms with Crippen molar-refractivity contribution in [1.29, 1.82) is 0 Å². The first-order valence-corrected chi connectivity index (χ1v) is 8.86. The monoisotopic (exact) mass is 362 g/mol. The van der Waals surface area contributed by atoms with Crippen LogP contribution in [0, 0.1) is 5.92 Å². The molecule has 3 rings (SSSR count). The van der Waals surface area contributed by atoms with Gasteiger partial charge in [0.05, 0.1) is 18.6 Å². The van der Waals surface area contributed by atoms with Gasteiger partial charge in [-0.15, -0.1) is 0 Å². The Bertz CT molecular complexity index is 704. The van der Waals surface area contributed by atoms with Crippen LogP contribution in [0.1, 0.15) is 24.4 Å². The minimum Gasteiger partial charge on any atom is -0.380 e. The molecule has 25 heavy (non-hydrogen) atoms. The van der Waals surface area contributed by atoms with Gasteiger partial charge in [-0.05, 0) is 29.7 Å². The van der Waals surface area contributed by atoms with Crippen molar-refractivity contribution in [3.63, 3.8) is 0 Å². The molecule has 0 spiro atoms. The van der Waals surface area contributed by atoms with Crippen molar-refractivity contribution in [1.82, 2.24) is 9.80 Å². The summed E-state index contributed by atoms with van der Waals surface area (Å²) in [6.45, 7) is 1.86. The van der Waals surface area contributed by atoms with Gasteiger partial charge in [-0.3, -0.25) is 9.59 Å². The average molecular weight is 363 g/mol. The third kappa shape index (κ3) is 3.72. The Labute approximate surface area is 153 Å². The predicted octanol–water partition coefficient (Wildman–Crippen LogP) is 2.66. The summed E-state index contributed by atoms with van der Waals surface area (Å²) in [4.78, 5) is 28.9. The van der Waals surface area contributed by atoms with Crippen LogP contribution in [-0.4, -0.2) is 55.5 Å². The predicted molar refractivity (Wildman–Crippen MR) is 96.2 cm³/mol. The van der Waals surface area contributed by atoms with Crippen molar-refractivity contribution in [2.24, 2.45) is 5.92 Å². The Kier molecular flexibility index (Phi) is 5.45. The summed E-state index contributed by atoms with van der Waals surface area (Å²) in [5.41, 5.74) is 2.13. The summed E-state index contributed by atoms with van der Waals surface area (Å²) in [6, 6.07) is 7.16. The van der Waals surface area contributed by atoms with Crippen LogP contribution in [-0.2, 0) is 14.3 Å². The molecule has 0 radical (unpaired) electrons. The molecule has 2 aliphatic heterocycles. The maximum absolute atomic E-state index is 13.1. The summed E-state index contributed by atoms with van der Waals surface area (Å²) in [7, 11) is 3.43. The number of carbonyl (C=O) groups is 2. The van der Waals surface area contributed by atoms with Crippen molar-refractivity contribution in [3.8, 4) is 0 Å². The summed E-state index contributed by atoms with van der Waals surface area (Å²) in [5.74, 6) is -0.334. The first-order valence-electron chi connectivity index (χ1n) is 8.48. The Balaban J connectivity index is 1.80. The molecule has 134 valence electrons. The molecule has 0 N–H and O–H groups in total. The third-order valence-corrected chi connectivity index (χ3v) is 5.27. The standard InChI is InChI=1S/C19H23ClN2O3/c1-21-17(23)11-16(18(21)14-4-3-5-15(20)10-14)19(24)22-8-6-13(7-9-22)12-25-2/h3-6,10,16,18H,7-9,11-12H2,1-2H3/t16-,18-/m0/s1. The van der Waals surface area contributed by atoms with Crippen molar-refractivity contribution in [3.05, 3.63) is 46.5 Å². The van der Waals surface area contributed by atoms with Gasteiger partial charge in [0.15, 0.2) is 0 Å². The SMILES string of the molecule is COCC1=CCN(C(=O)[C@H]2CC(=O)N(C)[C@H]2c2cccc(Cl)c2)CC1. The van der Waals surface area contributed by atoms with Crippen LogP contribution < -0.4 is 0 Å². The molecule has 0 unspecified atom stereocenters. The summed E-state index contributed by atoms with van der Waals surface area (Å²) >= 11 is 6.11. The Hall–Kier alpha value is -1.85. The highest BCUT2D eigenvalue weighted by molar-refractivity contribution is 6.30. The highest BCUT2D eigenvalue weighted by Gasteiger charge is 2.44. The molecule has 1 aromatic rings. The van der Waals surface area contributed by atoms with Gasteiger partial charge in [0.1, 0.15) is 0 Å². The molecule has 1 saturated heterocycles. The van der Waals surface area contributed by atoms with Crippen molar-refractivity contribution < 1.29 is 14.3 Å². The highest BCUT2D eigenvalue weighted by atomic mass is 35.5. The first-order chi connectivity index (χ1) is 12.0. The fourth-order valence-corrected chi connectivity index (χ4v) is 3.90. The number of likely N-dealkylation sites (tertiary alicyclic amines) is 1. The number of carbonyl (C=O) groups excluding carboxylic acids is 2. The van der Waals surface area contributed by atoms with Gasteiger partial charge in [-0.1, -0.05) is 29.8 Å². The summed E-state index contributed by atoms with van der Waals surface area (Å²) in [5, 5.41) is 0.613. The van der Waals surface area contributed by atoms with Crippen LogP contribution in [0.4, 0.5) is 0 Å². The zero-order valence-electron chi connectivity index (χ0n) is 14.6. The quantitative estimate of drug-likeness (QED) is 0.774. The van der Waals surface area contributed by atoms with E-state index in [2.05, 4.69) is 6.08 Å². The lowest BCUT2D eigenvalue weighted by Gasteiger charge is -2.32. The minimum absolute atomic E-state index is 0.00375. The van der Waals surface area contributed by atoms with E-state index in [4.69, 9.17) is 16.3 Å². The molecule has 0 saturated carbocycles. The molecule has 5 nitrogen and oxygen atoms in total. The van der Waals surface area contributed by atoms with Crippen LogP contribution in [0.2, 0.25) is 5.02 Å². The molecule has 6 heteroatoms. The first kappa shape index (κ1) is 18.0. The number of methoxy groups -OCH3 is 1. The van der Waals surface area contributed by atoms with Gasteiger partial charge in [0.25, 0.3) is 0 Å². The van der Waals surface area contributed by atoms with E-state index in [1.54, 1.807) is 25.1 Å². The smallest absolute Gasteiger partial charge is 0.228 e. The number of benzene rings is 1. The number of nitrogens with zero attached hydrogens (tertiary/aromatic N) is 2. The summed E-state index contributed by atoms with van der Waals surface area (Å²) < 4.78 is 5.16. The lowest BCUT2D eigenvalue weighted by atomic mass is 9.92. The molecule has 0 aliphatic carbocycles. The molecule has 1 aromatic carbocycles. The molecular weight excluding hydrogens is 340 g/mol. The van der Waals surface area contributed by atoms with Gasteiger partial charge in [-0.25, -0.2) is 0 Å². The van der Waals surface area contributed by atoms with Gasteiger partial charge >= 0.3 is 0 Å². The van der Waals surface area contributed by atoms with Crippen LogP contribution in [0.5, 0.6) is 0 Å². The van der Waals surface area contributed by atoms with Crippen molar-refractivity contribution in [2.45, 2.75) is 18.9 Å². The third-order valence-electron chi connectivity index (χ3n) is 5.04. The van der Waals surface area contributed by atoms with Crippen molar-refractivity contribution >= 4 is 23.4 Å². The normalized spacial score (nSPS) is 23.8. The highest BCUT2D eigenvalue weighted by Crippen LogP contribution is 2.39. The van der Waals surface area contributed by atoms with E-state index in [1.165, 1.54) is 5.57 Å². The lowest BCUT2D eigenvalue weighted by Crippen LogP contribution is -2.41. The number of rotatable bonds is 4. The average Bonchev–Trinajstić information content (AvgIpc) is 2.90. The second-order valence-corrected chi connectivity index (χ2v) is 7.08. The van der Waals surface area contributed by atoms with Crippen LogP contribution >= 0.6 is 11.6 Å². The molecule has 0 aromatic heterocycles. The van der Waals surface area contributed by atoms with Crippen LogP contribution in [0.3, 0.4) is 0 Å². The van der Waals surface area contributed by atoms with E-state index in [-0.39, 0.29) is 30.2 Å². The topological polar surface area (TPSA) is 49.9 Å². The largest absolute Gasteiger partial charge is 0.380 e. The fraction of sp³-hybridized carbons (Fsp3) is 0.474.